The molecule has 2 heterocycles. The predicted octanol–water partition coefficient (Wildman–Crippen LogP) is 5.38. The fourth-order valence-corrected chi connectivity index (χ4v) is 3.61. The number of amides is 3. The molecule has 2 aromatic carbocycles. The molecule has 0 aliphatic rings. The van der Waals surface area contributed by atoms with Gasteiger partial charge >= 0.3 is 6.03 Å². The van der Waals surface area contributed by atoms with Crippen LogP contribution in [0.1, 0.15) is 36.8 Å². The predicted molar refractivity (Wildman–Crippen MR) is 150 cm³/mol. The Balaban J connectivity index is 1.50. The number of benzene rings is 2. The Bertz CT molecular complexity index is 1410. The van der Waals surface area contributed by atoms with Gasteiger partial charge in [0, 0.05) is 48.8 Å². The molecule has 202 valence electrons. The van der Waals surface area contributed by atoms with E-state index in [1.165, 1.54) is 0 Å². The second kappa shape index (κ2) is 12.2. The van der Waals surface area contributed by atoms with Crippen molar-refractivity contribution < 1.29 is 19.1 Å². The summed E-state index contributed by atoms with van der Waals surface area (Å²) in [5, 5.41) is 13.3. The molecule has 39 heavy (non-hydrogen) atoms. The van der Waals surface area contributed by atoms with Gasteiger partial charge in [0.15, 0.2) is 0 Å². The van der Waals surface area contributed by atoms with Crippen LogP contribution in [0.5, 0.6) is 11.5 Å². The van der Waals surface area contributed by atoms with Crippen LogP contribution in [0.25, 0.3) is 5.69 Å². The molecule has 0 aliphatic carbocycles. The van der Waals surface area contributed by atoms with Crippen molar-refractivity contribution >= 4 is 23.4 Å². The van der Waals surface area contributed by atoms with Crippen LogP contribution in [0.15, 0.2) is 79.1 Å². The van der Waals surface area contributed by atoms with Crippen LogP contribution in [-0.2, 0) is 10.2 Å². The molecule has 0 atom stereocenters. The zero-order valence-electron chi connectivity index (χ0n) is 22.4. The standard InChI is InChI=1S/C29H32N6O4/c1-29(2,3)25-19-26(35(34-25)22-7-5-6-20(18-22)27(36)31-16-17-38-4)33-28(37)32-21-8-10-23(11-9-21)39-24-12-14-30-15-13-24/h5-15,18-19H,16-17H2,1-4H3,(H,31,36)(H2,32,33,37). The molecule has 4 aromatic rings. The Labute approximate surface area is 227 Å². The maximum absolute atomic E-state index is 12.9. The summed E-state index contributed by atoms with van der Waals surface area (Å²) >= 11 is 0. The summed E-state index contributed by atoms with van der Waals surface area (Å²) in [5.74, 6) is 1.54. The van der Waals surface area contributed by atoms with Crippen molar-refractivity contribution in [1.82, 2.24) is 20.1 Å². The summed E-state index contributed by atoms with van der Waals surface area (Å²) in [4.78, 5) is 29.5. The van der Waals surface area contributed by atoms with Gasteiger partial charge in [-0.15, -0.1) is 0 Å². The maximum atomic E-state index is 12.9. The molecule has 4 rings (SSSR count). The fraction of sp³-hybridized carbons (Fsp3) is 0.241. The molecule has 2 aromatic heterocycles. The van der Waals surface area contributed by atoms with E-state index in [1.807, 2.05) is 32.9 Å². The molecule has 0 fully saturated rings. The summed E-state index contributed by atoms with van der Waals surface area (Å²) in [6.45, 7) is 6.94. The molecule has 10 heteroatoms. The number of anilines is 2. The first kappa shape index (κ1) is 27.3. The summed E-state index contributed by atoms with van der Waals surface area (Å²) in [5.41, 5.74) is 2.22. The van der Waals surface area contributed by atoms with Gasteiger partial charge in [0.25, 0.3) is 5.91 Å². The van der Waals surface area contributed by atoms with E-state index in [-0.39, 0.29) is 11.3 Å². The van der Waals surface area contributed by atoms with Gasteiger partial charge in [-0.05, 0) is 54.6 Å². The average Bonchev–Trinajstić information content (AvgIpc) is 3.35. The van der Waals surface area contributed by atoms with Crippen LogP contribution in [0.2, 0.25) is 0 Å². The number of rotatable bonds is 9. The van der Waals surface area contributed by atoms with Crippen molar-refractivity contribution in [2.45, 2.75) is 26.2 Å². The van der Waals surface area contributed by atoms with Crippen molar-refractivity contribution in [2.75, 3.05) is 30.9 Å². The second-order valence-corrected chi connectivity index (χ2v) is 9.76. The van der Waals surface area contributed by atoms with Gasteiger partial charge in [-0.2, -0.15) is 5.10 Å². The van der Waals surface area contributed by atoms with E-state index in [2.05, 4.69) is 20.9 Å². The van der Waals surface area contributed by atoms with E-state index in [0.717, 1.165) is 5.69 Å². The highest BCUT2D eigenvalue weighted by Gasteiger charge is 2.22. The van der Waals surface area contributed by atoms with Crippen molar-refractivity contribution in [3.8, 4) is 17.2 Å². The summed E-state index contributed by atoms with van der Waals surface area (Å²) < 4.78 is 12.4. The Kier molecular flexibility index (Phi) is 8.57. The van der Waals surface area contributed by atoms with Crippen LogP contribution in [0, 0.1) is 0 Å². The summed E-state index contributed by atoms with van der Waals surface area (Å²) in [6.07, 6.45) is 3.30. The Morgan fingerprint density at radius 2 is 1.64 bits per heavy atom. The van der Waals surface area contributed by atoms with Crippen LogP contribution < -0.4 is 20.7 Å². The molecule has 0 spiro atoms. The molecule has 0 aliphatic heterocycles. The SMILES string of the molecule is COCCNC(=O)c1cccc(-n2nc(C(C)(C)C)cc2NC(=O)Nc2ccc(Oc3ccncc3)cc2)c1. The highest BCUT2D eigenvalue weighted by molar-refractivity contribution is 5.99. The van der Waals surface area contributed by atoms with Crippen LogP contribution in [-0.4, -0.2) is 47.0 Å². The number of urea groups is 1. The molecular weight excluding hydrogens is 496 g/mol. The minimum Gasteiger partial charge on any atom is -0.457 e. The topological polar surface area (TPSA) is 119 Å². The smallest absolute Gasteiger partial charge is 0.324 e. The van der Waals surface area contributed by atoms with Crippen molar-refractivity contribution in [3.63, 3.8) is 0 Å². The Morgan fingerprint density at radius 3 is 2.33 bits per heavy atom. The monoisotopic (exact) mass is 528 g/mol. The van der Waals surface area contributed by atoms with Gasteiger partial charge in [0.2, 0.25) is 0 Å². The minimum atomic E-state index is -0.437. The molecule has 0 radical (unpaired) electrons. The maximum Gasteiger partial charge on any atom is 0.324 e. The fourth-order valence-electron chi connectivity index (χ4n) is 3.61. The van der Waals surface area contributed by atoms with Gasteiger partial charge < -0.3 is 20.1 Å². The van der Waals surface area contributed by atoms with Gasteiger partial charge in [0.1, 0.15) is 17.3 Å². The lowest BCUT2D eigenvalue weighted by atomic mass is 9.92. The van der Waals surface area contributed by atoms with E-state index >= 15 is 0 Å². The first-order chi connectivity index (χ1) is 18.7. The molecule has 0 saturated carbocycles. The minimum absolute atomic E-state index is 0.222. The highest BCUT2D eigenvalue weighted by Crippen LogP contribution is 2.27. The van der Waals surface area contributed by atoms with E-state index in [1.54, 1.807) is 78.8 Å². The first-order valence-electron chi connectivity index (χ1n) is 12.5. The summed E-state index contributed by atoms with van der Waals surface area (Å²) in [7, 11) is 1.58. The van der Waals surface area contributed by atoms with Crippen molar-refractivity contribution in [1.29, 1.82) is 0 Å². The van der Waals surface area contributed by atoms with Crippen LogP contribution >= 0.6 is 0 Å². The van der Waals surface area contributed by atoms with Gasteiger partial charge in [-0.25, -0.2) is 9.48 Å². The number of methoxy groups -OCH3 is 1. The van der Waals surface area contributed by atoms with Crippen LogP contribution in [0.3, 0.4) is 0 Å². The summed E-state index contributed by atoms with van der Waals surface area (Å²) in [6, 6.07) is 19.0. The second-order valence-electron chi connectivity index (χ2n) is 9.76. The quantitative estimate of drug-likeness (QED) is 0.251. The number of carbonyl (C=O) groups excluding carboxylic acids is 2. The third-order valence-corrected chi connectivity index (χ3v) is 5.66. The zero-order valence-corrected chi connectivity index (χ0v) is 22.4. The van der Waals surface area contributed by atoms with Crippen molar-refractivity contribution in [2.24, 2.45) is 0 Å². The average molecular weight is 529 g/mol. The first-order valence-corrected chi connectivity index (χ1v) is 12.5. The number of nitrogens with one attached hydrogen (secondary N) is 3. The number of hydrogen-bond donors (Lipinski definition) is 3. The molecule has 0 saturated heterocycles. The number of ether oxygens (including phenoxy) is 2. The normalized spacial score (nSPS) is 11.1. The van der Waals surface area contributed by atoms with E-state index in [9.17, 15) is 9.59 Å². The van der Waals surface area contributed by atoms with Gasteiger partial charge in [-0.1, -0.05) is 26.8 Å². The third-order valence-electron chi connectivity index (χ3n) is 5.66. The lowest BCUT2D eigenvalue weighted by Gasteiger charge is -2.14. The molecule has 0 bridgehead atoms. The number of hydrogen-bond acceptors (Lipinski definition) is 6. The lowest BCUT2D eigenvalue weighted by Crippen LogP contribution is -2.27. The largest absolute Gasteiger partial charge is 0.457 e. The number of nitrogens with zero attached hydrogens (tertiary/aromatic N) is 3. The lowest BCUT2D eigenvalue weighted by molar-refractivity contribution is 0.0937. The number of carbonyl (C=O) groups is 2. The zero-order chi connectivity index (χ0) is 27.8. The third kappa shape index (κ3) is 7.42. The molecular formula is C29H32N6O4. The Hall–Kier alpha value is -4.70. The van der Waals surface area contributed by atoms with E-state index in [4.69, 9.17) is 14.6 Å². The van der Waals surface area contributed by atoms with Crippen molar-refractivity contribution in [3.05, 3.63) is 90.4 Å². The molecule has 10 nitrogen and oxygen atoms in total. The van der Waals surface area contributed by atoms with Gasteiger partial charge in [0.05, 0.1) is 18.0 Å². The van der Waals surface area contributed by atoms with Crippen LogP contribution in [0.4, 0.5) is 16.3 Å². The molecule has 0 unspecified atom stereocenters. The number of aromatic nitrogens is 3. The van der Waals surface area contributed by atoms with E-state index < -0.39 is 6.03 Å². The molecule has 3 N–H and O–H groups in total. The Morgan fingerprint density at radius 1 is 0.923 bits per heavy atom. The van der Waals surface area contributed by atoms with Gasteiger partial charge in [-0.3, -0.25) is 15.1 Å². The molecule has 3 amide bonds. The highest BCUT2D eigenvalue weighted by atomic mass is 16.5. The number of pyridine rings is 1. The van der Waals surface area contributed by atoms with E-state index in [0.29, 0.717) is 47.4 Å².